The zero-order chi connectivity index (χ0) is 20.7. The van der Waals surface area contributed by atoms with Crippen molar-refractivity contribution in [1.82, 2.24) is 16.0 Å². The predicted molar refractivity (Wildman–Crippen MR) is 130 cm³/mol. The van der Waals surface area contributed by atoms with E-state index < -0.39 is 0 Å². The molecule has 1 aliphatic carbocycles. The highest BCUT2D eigenvalue weighted by Gasteiger charge is 2.44. The van der Waals surface area contributed by atoms with Crippen molar-refractivity contribution in [3.63, 3.8) is 0 Å². The molecule has 0 radical (unpaired) electrons. The van der Waals surface area contributed by atoms with Crippen molar-refractivity contribution in [3.05, 3.63) is 71.0 Å². The van der Waals surface area contributed by atoms with Gasteiger partial charge in [0.1, 0.15) is 5.82 Å². The van der Waals surface area contributed by atoms with Gasteiger partial charge < -0.3 is 16.0 Å². The lowest BCUT2D eigenvalue weighted by Crippen LogP contribution is -2.41. The fourth-order valence-electron chi connectivity index (χ4n) is 3.33. The molecular weight excluding hydrogens is 494 g/mol. The highest BCUT2D eigenvalue weighted by atomic mass is 127. The van der Waals surface area contributed by atoms with E-state index in [1.807, 2.05) is 44.2 Å². The Morgan fingerprint density at radius 3 is 2.33 bits per heavy atom. The van der Waals surface area contributed by atoms with Crippen LogP contribution >= 0.6 is 24.0 Å². The second kappa shape index (κ2) is 11.3. The summed E-state index contributed by atoms with van der Waals surface area (Å²) in [5.74, 6) is 0.484. The molecule has 0 heterocycles. The van der Waals surface area contributed by atoms with E-state index in [0.29, 0.717) is 18.7 Å². The smallest absolute Gasteiger partial charge is 0.251 e. The summed E-state index contributed by atoms with van der Waals surface area (Å²) in [6.07, 6.45) is 2.09. The van der Waals surface area contributed by atoms with Crippen LogP contribution in [-0.4, -0.2) is 31.5 Å². The highest BCUT2D eigenvalue weighted by molar-refractivity contribution is 14.0. The van der Waals surface area contributed by atoms with Gasteiger partial charge in [0.25, 0.3) is 5.91 Å². The van der Waals surface area contributed by atoms with Crippen molar-refractivity contribution in [2.75, 3.05) is 19.6 Å². The average Bonchev–Trinajstić information content (AvgIpc) is 3.52. The molecule has 0 atom stereocenters. The Morgan fingerprint density at radius 1 is 1.03 bits per heavy atom. The van der Waals surface area contributed by atoms with Gasteiger partial charge in [-0.2, -0.15) is 0 Å². The number of guanidine groups is 1. The van der Waals surface area contributed by atoms with Crippen LogP contribution in [0.2, 0.25) is 0 Å². The number of hydrogen-bond donors (Lipinski definition) is 3. The number of amides is 1. The molecule has 0 aliphatic heterocycles. The topological polar surface area (TPSA) is 65.5 Å². The number of carbonyl (C=O) groups excluding carboxylic acids is 1. The van der Waals surface area contributed by atoms with Gasteiger partial charge in [-0.3, -0.25) is 4.79 Å². The van der Waals surface area contributed by atoms with Gasteiger partial charge in [0.15, 0.2) is 5.96 Å². The van der Waals surface area contributed by atoms with E-state index in [-0.39, 0.29) is 41.1 Å². The van der Waals surface area contributed by atoms with Gasteiger partial charge in [0.2, 0.25) is 0 Å². The normalized spacial score (nSPS) is 14.4. The first kappa shape index (κ1) is 24.1. The molecule has 5 nitrogen and oxygen atoms in total. The van der Waals surface area contributed by atoms with E-state index in [4.69, 9.17) is 0 Å². The number of halogens is 2. The van der Waals surface area contributed by atoms with Gasteiger partial charge in [0, 0.05) is 30.6 Å². The molecule has 2 aromatic carbocycles. The summed E-state index contributed by atoms with van der Waals surface area (Å²) in [6, 6.07) is 14.4. The molecule has 2 aromatic rings. The number of nitrogens with zero attached hydrogens (tertiary/aromatic N) is 1. The molecule has 162 valence electrons. The van der Waals surface area contributed by atoms with Crippen molar-refractivity contribution in [1.29, 1.82) is 0 Å². The Kier molecular flexibility index (Phi) is 9.08. The monoisotopic (exact) mass is 524 g/mol. The Hall–Kier alpha value is -2.16. The number of nitrogens with one attached hydrogen (secondary N) is 3. The van der Waals surface area contributed by atoms with E-state index in [0.717, 1.165) is 43.0 Å². The standard InChI is InChI=1S/C23H29FN4O.HI/c1-3-25-21(29)18-10-8-17(9-11-18)15-27-22(26-4-2)28-16-23(12-13-23)19-6-5-7-20(24)14-19;/h5-11,14H,3-4,12-13,15-16H2,1-2H3,(H,25,29)(H2,26,27,28);1H. The Bertz CT molecular complexity index is 866. The van der Waals surface area contributed by atoms with Crippen molar-refractivity contribution in [2.24, 2.45) is 4.99 Å². The van der Waals surface area contributed by atoms with Crippen LogP contribution in [0.5, 0.6) is 0 Å². The lowest BCUT2D eigenvalue weighted by Gasteiger charge is -2.19. The molecule has 7 heteroatoms. The van der Waals surface area contributed by atoms with Gasteiger partial charge in [0.05, 0.1) is 6.54 Å². The van der Waals surface area contributed by atoms with Crippen molar-refractivity contribution in [2.45, 2.75) is 38.6 Å². The Balaban J connectivity index is 0.00000320. The van der Waals surface area contributed by atoms with Crippen LogP contribution in [0.3, 0.4) is 0 Å². The fraction of sp³-hybridized carbons (Fsp3) is 0.391. The number of hydrogen-bond acceptors (Lipinski definition) is 2. The molecule has 3 N–H and O–H groups in total. The van der Waals surface area contributed by atoms with Gasteiger partial charge in [-0.05, 0) is 62.1 Å². The fourth-order valence-corrected chi connectivity index (χ4v) is 3.33. The van der Waals surface area contributed by atoms with E-state index >= 15 is 0 Å². The Labute approximate surface area is 195 Å². The molecule has 1 saturated carbocycles. The molecule has 1 amide bonds. The average molecular weight is 524 g/mol. The van der Waals surface area contributed by atoms with Crippen LogP contribution in [-0.2, 0) is 12.0 Å². The predicted octanol–water partition coefficient (Wildman–Crippen LogP) is 3.98. The van der Waals surface area contributed by atoms with Crippen molar-refractivity contribution in [3.8, 4) is 0 Å². The first-order valence-corrected chi connectivity index (χ1v) is 10.2. The van der Waals surface area contributed by atoms with Crippen LogP contribution in [0.4, 0.5) is 4.39 Å². The largest absolute Gasteiger partial charge is 0.357 e. The summed E-state index contributed by atoms with van der Waals surface area (Å²) in [5.41, 5.74) is 2.71. The third-order valence-electron chi connectivity index (χ3n) is 5.20. The van der Waals surface area contributed by atoms with Gasteiger partial charge in [-0.25, -0.2) is 9.38 Å². The SMILES string of the molecule is CCNC(=O)c1ccc(CN=C(NCC)NCC2(c3cccc(F)c3)CC2)cc1.I. The number of rotatable bonds is 8. The maximum absolute atomic E-state index is 13.6. The van der Waals surface area contributed by atoms with Gasteiger partial charge in [-0.1, -0.05) is 24.3 Å². The Morgan fingerprint density at radius 2 is 1.73 bits per heavy atom. The molecule has 0 aromatic heterocycles. The quantitative estimate of drug-likeness (QED) is 0.278. The minimum absolute atomic E-state index is 0. The van der Waals surface area contributed by atoms with Gasteiger partial charge in [-0.15, -0.1) is 24.0 Å². The van der Waals surface area contributed by atoms with Crippen LogP contribution < -0.4 is 16.0 Å². The summed E-state index contributed by atoms with van der Waals surface area (Å²) in [5, 5.41) is 9.47. The highest BCUT2D eigenvalue weighted by Crippen LogP contribution is 2.47. The third-order valence-corrected chi connectivity index (χ3v) is 5.20. The third kappa shape index (κ3) is 6.42. The lowest BCUT2D eigenvalue weighted by atomic mass is 9.96. The van der Waals surface area contributed by atoms with E-state index in [1.54, 1.807) is 12.1 Å². The number of benzene rings is 2. The zero-order valence-corrected chi connectivity index (χ0v) is 19.8. The molecule has 30 heavy (non-hydrogen) atoms. The summed E-state index contributed by atoms with van der Waals surface area (Å²) >= 11 is 0. The van der Waals surface area contributed by atoms with E-state index in [2.05, 4.69) is 20.9 Å². The molecule has 0 spiro atoms. The second-order valence-corrected chi connectivity index (χ2v) is 7.40. The first-order chi connectivity index (χ1) is 14.1. The first-order valence-electron chi connectivity index (χ1n) is 10.2. The van der Waals surface area contributed by atoms with E-state index in [1.165, 1.54) is 6.07 Å². The zero-order valence-electron chi connectivity index (χ0n) is 17.5. The molecule has 0 bridgehead atoms. The van der Waals surface area contributed by atoms with Gasteiger partial charge >= 0.3 is 0 Å². The molecule has 0 saturated heterocycles. The maximum atomic E-state index is 13.6. The van der Waals surface area contributed by atoms with E-state index in [9.17, 15) is 9.18 Å². The number of aliphatic imine (C=N–C) groups is 1. The molecule has 1 fully saturated rings. The minimum atomic E-state index is -0.189. The van der Waals surface area contributed by atoms with Crippen molar-refractivity contribution < 1.29 is 9.18 Å². The minimum Gasteiger partial charge on any atom is -0.357 e. The summed E-state index contributed by atoms with van der Waals surface area (Å²) < 4.78 is 13.6. The number of carbonyl (C=O) groups is 1. The summed E-state index contributed by atoms with van der Waals surface area (Å²) in [6.45, 7) is 6.53. The summed E-state index contributed by atoms with van der Waals surface area (Å²) in [7, 11) is 0. The van der Waals surface area contributed by atoms with Crippen molar-refractivity contribution >= 4 is 35.8 Å². The molecular formula is C23H30FIN4O. The maximum Gasteiger partial charge on any atom is 0.251 e. The second-order valence-electron chi connectivity index (χ2n) is 7.40. The lowest BCUT2D eigenvalue weighted by molar-refractivity contribution is 0.0956. The summed E-state index contributed by atoms with van der Waals surface area (Å²) in [4.78, 5) is 16.5. The van der Waals surface area contributed by atoms with Crippen LogP contribution in [0.25, 0.3) is 0 Å². The van der Waals surface area contributed by atoms with Crippen LogP contribution in [0.1, 0.15) is 48.2 Å². The molecule has 0 unspecified atom stereocenters. The van der Waals surface area contributed by atoms with Crippen LogP contribution in [0.15, 0.2) is 53.5 Å². The molecule has 1 aliphatic rings. The molecule has 3 rings (SSSR count). The van der Waals surface area contributed by atoms with Crippen LogP contribution in [0, 0.1) is 5.82 Å².